The van der Waals surface area contributed by atoms with Gasteiger partial charge in [-0.15, -0.1) is 0 Å². The molecule has 3 aromatic carbocycles. The van der Waals surface area contributed by atoms with Gasteiger partial charge in [-0.1, -0.05) is 48.0 Å². The van der Waals surface area contributed by atoms with E-state index in [0.717, 1.165) is 16.8 Å². The van der Waals surface area contributed by atoms with Gasteiger partial charge in [0.2, 0.25) is 0 Å². The Kier molecular flexibility index (Phi) is 6.40. The summed E-state index contributed by atoms with van der Waals surface area (Å²) in [5.74, 6) is 0.269. The van der Waals surface area contributed by atoms with Gasteiger partial charge in [-0.3, -0.25) is 0 Å². The van der Waals surface area contributed by atoms with Gasteiger partial charge in [0.1, 0.15) is 6.61 Å². The van der Waals surface area contributed by atoms with Crippen LogP contribution in [0.15, 0.2) is 66.7 Å². The fourth-order valence-electron chi connectivity index (χ4n) is 2.68. The summed E-state index contributed by atoms with van der Waals surface area (Å²) in [5.41, 5.74) is 2.88. The average molecular weight is 398 g/mol. The van der Waals surface area contributed by atoms with E-state index in [0.29, 0.717) is 24.7 Å². The van der Waals surface area contributed by atoms with Crippen LogP contribution in [0.2, 0.25) is 5.02 Å². The number of ether oxygens (including phenoxy) is 2. The molecular formula is C22H20ClNO4. The first-order valence-corrected chi connectivity index (χ1v) is 9.05. The summed E-state index contributed by atoms with van der Waals surface area (Å²) in [5, 5.41) is 12.5. The number of rotatable bonds is 8. The molecule has 3 rings (SSSR count). The van der Waals surface area contributed by atoms with Crippen molar-refractivity contribution in [2.75, 3.05) is 12.4 Å². The topological polar surface area (TPSA) is 67.8 Å². The number of hydrogen-bond acceptors (Lipinski definition) is 4. The molecule has 0 aliphatic rings. The molecule has 0 saturated carbocycles. The van der Waals surface area contributed by atoms with Gasteiger partial charge < -0.3 is 19.9 Å². The molecule has 0 aliphatic heterocycles. The molecule has 0 amide bonds. The van der Waals surface area contributed by atoms with E-state index in [1.54, 1.807) is 19.2 Å². The van der Waals surface area contributed by atoms with Crippen molar-refractivity contribution in [2.45, 2.75) is 13.2 Å². The Morgan fingerprint density at radius 1 is 1.00 bits per heavy atom. The molecule has 0 spiro atoms. The van der Waals surface area contributed by atoms with Crippen LogP contribution in [0.4, 0.5) is 5.69 Å². The average Bonchev–Trinajstić information content (AvgIpc) is 2.71. The van der Waals surface area contributed by atoms with Gasteiger partial charge in [0.15, 0.2) is 11.5 Å². The minimum absolute atomic E-state index is 0.0776. The molecule has 5 nitrogen and oxygen atoms in total. The molecule has 0 atom stereocenters. The monoisotopic (exact) mass is 397 g/mol. The van der Waals surface area contributed by atoms with E-state index < -0.39 is 5.97 Å². The number of hydrogen-bond donors (Lipinski definition) is 2. The van der Waals surface area contributed by atoms with Crippen LogP contribution in [0.5, 0.6) is 11.5 Å². The zero-order chi connectivity index (χ0) is 19.9. The molecule has 6 heteroatoms. The number of halogens is 1. The highest BCUT2D eigenvalue weighted by Gasteiger charge is 2.10. The van der Waals surface area contributed by atoms with Gasteiger partial charge in [0.25, 0.3) is 0 Å². The van der Waals surface area contributed by atoms with Crippen LogP contribution in [-0.4, -0.2) is 18.2 Å². The highest BCUT2D eigenvalue weighted by molar-refractivity contribution is 6.33. The molecule has 0 aliphatic carbocycles. The summed E-state index contributed by atoms with van der Waals surface area (Å²) in [6.45, 7) is 0.987. The van der Waals surface area contributed by atoms with Crippen LogP contribution in [0.25, 0.3) is 0 Å². The Labute approximate surface area is 168 Å². The van der Waals surface area contributed by atoms with Crippen LogP contribution in [0.3, 0.4) is 0 Å². The number of anilines is 1. The fourth-order valence-corrected chi connectivity index (χ4v) is 2.94. The van der Waals surface area contributed by atoms with Crippen LogP contribution in [-0.2, 0) is 13.2 Å². The second-order valence-corrected chi connectivity index (χ2v) is 6.52. The Morgan fingerprint density at radius 3 is 2.46 bits per heavy atom. The van der Waals surface area contributed by atoms with Crippen LogP contribution >= 0.6 is 11.6 Å². The molecule has 0 fully saturated rings. The maximum absolute atomic E-state index is 11.0. The lowest BCUT2D eigenvalue weighted by atomic mass is 10.1. The summed E-state index contributed by atoms with van der Waals surface area (Å²) in [7, 11) is 1.60. The van der Waals surface area contributed by atoms with Gasteiger partial charge >= 0.3 is 5.97 Å². The van der Waals surface area contributed by atoms with Crippen molar-refractivity contribution in [3.8, 4) is 11.5 Å². The molecular weight excluding hydrogens is 378 g/mol. The lowest BCUT2D eigenvalue weighted by molar-refractivity contribution is 0.0697. The molecule has 28 heavy (non-hydrogen) atoms. The second kappa shape index (κ2) is 9.15. The number of carbonyl (C=O) groups is 1. The van der Waals surface area contributed by atoms with Crippen molar-refractivity contribution in [2.24, 2.45) is 0 Å². The van der Waals surface area contributed by atoms with Crippen molar-refractivity contribution >= 4 is 23.3 Å². The minimum atomic E-state index is -1.05. The van der Waals surface area contributed by atoms with E-state index in [9.17, 15) is 4.79 Å². The molecule has 0 unspecified atom stereocenters. The second-order valence-electron chi connectivity index (χ2n) is 6.11. The maximum Gasteiger partial charge on any atom is 0.337 e. The zero-order valence-electron chi connectivity index (χ0n) is 15.3. The highest BCUT2D eigenvalue weighted by Crippen LogP contribution is 2.29. The van der Waals surface area contributed by atoms with Crippen molar-refractivity contribution in [1.29, 1.82) is 0 Å². The standard InChI is InChI=1S/C22H20ClNO4/c1-27-21-11-16(7-10-20(21)28-14-15-5-3-2-4-6-15)13-24-17-8-9-18(22(25)26)19(23)12-17/h2-12,24H,13-14H2,1H3,(H,25,26). The smallest absolute Gasteiger partial charge is 0.337 e. The summed E-state index contributed by atoms with van der Waals surface area (Å²) in [4.78, 5) is 11.0. The SMILES string of the molecule is COc1cc(CNc2ccc(C(=O)O)c(Cl)c2)ccc1OCc1ccccc1. The van der Waals surface area contributed by atoms with Gasteiger partial charge in [0, 0.05) is 12.2 Å². The Bertz CT molecular complexity index is 960. The predicted octanol–water partition coefficient (Wildman–Crippen LogP) is 5.24. The predicted molar refractivity (Wildman–Crippen MR) is 110 cm³/mol. The Hall–Kier alpha value is -3.18. The largest absolute Gasteiger partial charge is 0.493 e. The van der Waals surface area contributed by atoms with Gasteiger partial charge in [-0.05, 0) is 41.5 Å². The van der Waals surface area contributed by atoms with Crippen molar-refractivity contribution in [3.05, 3.63) is 88.4 Å². The number of carboxylic acid groups (broad SMARTS) is 1. The van der Waals surface area contributed by atoms with E-state index in [1.807, 2.05) is 48.5 Å². The van der Waals surface area contributed by atoms with E-state index in [-0.39, 0.29) is 10.6 Å². The zero-order valence-corrected chi connectivity index (χ0v) is 16.1. The minimum Gasteiger partial charge on any atom is -0.493 e. The summed E-state index contributed by atoms with van der Waals surface area (Å²) in [6.07, 6.45) is 0. The van der Waals surface area contributed by atoms with E-state index in [2.05, 4.69) is 5.32 Å². The van der Waals surface area contributed by atoms with Gasteiger partial charge in [-0.2, -0.15) is 0 Å². The first-order chi connectivity index (χ1) is 13.6. The van der Waals surface area contributed by atoms with E-state index >= 15 is 0 Å². The number of carboxylic acids is 1. The van der Waals surface area contributed by atoms with Crippen LogP contribution in [0.1, 0.15) is 21.5 Å². The third kappa shape index (κ3) is 4.96. The summed E-state index contributed by atoms with van der Waals surface area (Å²) in [6, 6.07) is 20.4. The van der Waals surface area contributed by atoms with Crippen molar-refractivity contribution in [1.82, 2.24) is 0 Å². The lowest BCUT2D eigenvalue weighted by Crippen LogP contribution is -2.03. The Balaban J connectivity index is 1.65. The normalized spacial score (nSPS) is 10.4. The highest BCUT2D eigenvalue weighted by atomic mass is 35.5. The maximum atomic E-state index is 11.0. The summed E-state index contributed by atoms with van der Waals surface area (Å²) >= 11 is 6.00. The van der Waals surface area contributed by atoms with Gasteiger partial charge in [0.05, 0.1) is 17.7 Å². The van der Waals surface area contributed by atoms with Crippen LogP contribution < -0.4 is 14.8 Å². The third-order valence-corrected chi connectivity index (χ3v) is 4.47. The molecule has 144 valence electrons. The molecule has 0 radical (unpaired) electrons. The quantitative estimate of drug-likeness (QED) is 0.544. The van der Waals surface area contributed by atoms with E-state index in [4.69, 9.17) is 26.2 Å². The van der Waals surface area contributed by atoms with Gasteiger partial charge in [-0.25, -0.2) is 4.79 Å². The molecule has 0 saturated heterocycles. The number of aromatic carboxylic acids is 1. The Morgan fingerprint density at radius 2 is 1.79 bits per heavy atom. The number of nitrogens with one attached hydrogen (secondary N) is 1. The first kappa shape index (κ1) is 19.6. The van der Waals surface area contributed by atoms with Crippen molar-refractivity contribution < 1.29 is 19.4 Å². The number of benzene rings is 3. The lowest BCUT2D eigenvalue weighted by Gasteiger charge is -2.13. The first-order valence-electron chi connectivity index (χ1n) is 8.67. The van der Waals surface area contributed by atoms with Crippen molar-refractivity contribution in [3.63, 3.8) is 0 Å². The number of methoxy groups -OCH3 is 1. The molecule has 0 heterocycles. The molecule has 3 aromatic rings. The summed E-state index contributed by atoms with van der Waals surface area (Å²) < 4.78 is 11.3. The molecule has 0 bridgehead atoms. The van der Waals surface area contributed by atoms with Crippen LogP contribution in [0, 0.1) is 0 Å². The van der Waals surface area contributed by atoms with E-state index in [1.165, 1.54) is 6.07 Å². The molecule has 0 aromatic heterocycles. The third-order valence-electron chi connectivity index (χ3n) is 4.16. The molecule has 2 N–H and O–H groups in total. The fraction of sp³-hybridized carbons (Fsp3) is 0.136.